The lowest BCUT2D eigenvalue weighted by Gasteiger charge is -2.33. The van der Waals surface area contributed by atoms with Crippen LogP contribution in [0.25, 0.3) is 0 Å². The molecule has 0 aromatic heterocycles. The van der Waals surface area contributed by atoms with E-state index < -0.39 is 0 Å². The summed E-state index contributed by atoms with van der Waals surface area (Å²) in [6, 6.07) is 7.36. The highest BCUT2D eigenvalue weighted by atomic mass is 35.5. The van der Waals surface area contributed by atoms with Crippen LogP contribution in [0.2, 0.25) is 5.02 Å². The third-order valence-corrected chi connectivity index (χ3v) is 5.46. The lowest BCUT2D eigenvalue weighted by atomic mass is 9.99. The second kappa shape index (κ2) is 5.79. The van der Waals surface area contributed by atoms with Gasteiger partial charge in [0.15, 0.2) is 0 Å². The zero-order chi connectivity index (χ0) is 14.2. The highest BCUT2D eigenvalue weighted by Gasteiger charge is 2.35. The van der Waals surface area contributed by atoms with Crippen LogP contribution >= 0.6 is 11.6 Å². The molecular formula is C17H23ClN2O. The molecule has 3 unspecified atom stereocenters. The summed E-state index contributed by atoms with van der Waals surface area (Å²) in [5, 5.41) is 4.58. The van der Waals surface area contributed by atoms with Crippen LogP contribution in [0.1, 0.15) is 31.2 Å². The van der Waals surface area contributed by atoms with Crippen molar-refractivity contribution in [1.82, 2.24) is 10.2 Å². The molecule has 3 aliphatic heterocycles. The van der Waals surface area contributed by atoms with E-state index >= 15 is 0 Å². The van der Waals surface area contributed by atoms with Gasteiger partial charge in [0.05, 0.1) is 0 Å². The van der Waals surface area contributed by atoms with Gasteiger partial charge in [0.1, 0.15) is 11.9 Å². The van der Waals surface area contributed by atoms with Crippen molar-refractivity contribution in [2.24, 2.45) is 0 Å². The molecule has 0 radical (unpaired) electrons. The fourth-order valence-corrected chi connectivity index (χ4v) is 4.37. The van der Waals surface area contributed by atoms with Crippen molar-refractivity contribution < 1.29 is 4.74 Å². The molecule has 4 heteroatoms. The van der Waals surface area contributed by atoms with Gasteiger partial charge in [-0.1, -0.05) is 18.0 Å². The monoisotopic (exact) mass is 306 g/mol. The van der Waals surface area contributed by atoms with Gasteiger partial charge < -0.3 is 10.1 Å². The van der Waals surface area contributed by atoms with E-state index in [1.807, 2.05) is 18.2 Å². The van der Waals surface area contributed by atoms with E-state index in [1.54, 1.807) is 0 Å². The summed E-state index contributed by atoms with van der Waals surface area (Å²) in [4.78, 5) is 2.67. The Morgan fingerprint density at radius 3 is 3.14 bits per heavy atom. The van der Waals surface area contributed by atoms with E-state index in [9.17, 15) is 0 Å². The molecule has 4 rings (SSSR count). The fourth-order valence-electron chi connectivity index (χ4n) is 4.17. The molecule has 3 aliphatic rings. The van der Waals surface area contributed by atoms with Gasteiger partial charge in [-0.2, -0.15) is 0 Å². The maximum absolute atomic E-state index is 6.05. The first-order valence-electron chi connectivity index (χ1n) is 8.22. The summed E-state index contributed by atoms with van der Waals surface area (Å²) in [6.45, 7) is 3.51. The number of benzene rings is 1. The lowest BCUT2D eigenvalue weighted by Crippen LogP contribution is -2.47. The smallest absolute Gasteiger partial charge is 0.123 e. The second-order valence-electron chi connectivity index (χ2n) is 6.60. The minimum absolute atomic E-state index is 0.260. The topological polar surface area (TPSA) is 24.5 Å². The molecule has 1 aromatic carbocycles. The summed E-state index contributed by atoms with van der Waals surface area (Å²) in [5.74, 6) is 1.01. The molecule has 3 heterocycles. The van der Waals surface area contributed by atoms with E-state index in [0.717, 1.165) is 29.8 Å². The molecule has 21 heavy (non-hydrogen) atoms. The number of hydrogen-bond acceptors (Lipinski definition) is 3. The number of nitrogens with one attached hydrogen (secondary N) is 1. The quantitative estimate of drug-likeness (QED) is 0.929. The number of hydrogen-bond donors (Lipinski definition) is 1. The fraction of sp³-hybridized carbons (Fsp3) is 0.647. The van der Waals surface area contributed by atoms with Gasteiger partial charge in [-0.05, 0) is 49.6 Å². The van der Waals surface area contributed by atoms with Crippen molar-refractivity contribution in [3.05, 3.63) is 28.8 Å². The molecule has 1 aromatic rings. The Labute approximate surface area is 131 Å². The zero-order valence-electron chi connectivity index (χ0n) is 12.4. The average molecular weight is 307 g/mol. The Kier molecular flexibility index (Phi) is 3.82. The highest BCUT2D eigenvalue weighted by Crippen LogP contribution is 2.31. The molecule has 0 bridgehead atoms. The molecule has 3 atom stereocenters. The van der Waals surface area contributed by atoms with E-state index in [2.05, 4.69) is 10.2 Å². The van der Waals surface area contributed by atoms with Crippen LogP contribution in [0.3, 0.4) is 0 Å². The molecule has 0 aliphatic carbocycles. The summed E-state index contributed by atoms with van der Waals surface area (Å²) >= 11 is 6.05. The van der Waals surface area contributed by atoms with E-state index in [0.29, 0.717) is 6.04 Å². The number of ether oxygens (including phenoxy) is 1. The summed E-state index contributed by atoms with van der Waals surface area (Å²) in [7, 11) is 0. The minimum Gasteiger partial charge on any atom is -0.488 e. The third-order valence-electron chi connectivity index (χ3n) is 5.23. The average Bonchev–Trinajstić information content (AvgIpc) is 3.08. The lowest BCUT2D eigenvalue weighted by molar-refractivity contribution is 0.169. The van der Waals surface area contributed by atoms with Crippen molar-refractivity contribution in [3.8, 4) is 5.75 Å². The molecule has 2 saturated heterocycles. The molecule has 3 nitrogen and oxygen atoms in total. The second-order valence-corrected chi connectivity index (χ2v) is 7.03. The van der Waals surface area contributed by atoms with Crippen molar-refractivity contribution in [2.75, 3.05) is 19.6 Å². The van der Waals surface area contributed by atoms with Gasteiger partial charge in [0.25, 0.3) is 0 Å². The Bertz CT molecular complexity index is 522. The maximum Gasteiger partial charge on any atom is 0.123 e. The van der Waals surface area contributed by atoms with Crippen LogP contribution in [0.5, 0.6) is 5.75 Å². The number of fused-ring (bicyclic) bond motifs is 2. The molecule has 2 fully saturated rings. The van der Waals surface area contributed by atoms with Gasteiger partial charge in [0.2, 0.25) is 0 Å². The molecular weight excluding hydrogens is 284 g/mol. The molecule has 0 spiro atoms. The van der Waals surface area contributed by atoms with Gasteiger partial charge in [-0.25, -0.2) is 0 Å². The van der Waals surface area contributed by atoms with Crippen molar-refractivity contribution in [3.63, 3.8) is 0 Å². The Morgan fingerprint density at radius 2 is 2.19 bits per heavy atom. The third kappa shape index (κ3) is 2.79. The number of halogens is 1. The van der Waals surface area contributed by atoms with Gasteiger partial charge >= 0.3 is 0 Å². The summed E-state index contributed by atoms with van der Waals surface area (Å²) in [5.41, 5.74) is 1.25. The number of piperidine rings is 1. The summed E-state index contributed by atoms with van der Waals surface area (Å²) < 4.78 is 6.02. The number of rotatable bonds is 3. The first kappa shape index (κ1) is 13.9. The van der Waals surface area contributed by atoms with Gasteiger partial charge in [0, 0.05) is 36.6 Å². The predicted molar refractivity (Wildman–Crippen MR) is 85.2 cm³/mol. The molecule has 1 N–H and O–H groups in total. The van der Waals surface area contributed by atoms with Crippen LogP contribution in [0, 0.1) is 0 Å². The van der Waals surface area contributed by atoms with E-state index in [1.165, 1.54) is 44.3 Å². The van der Waals surface area contributed by atoms with E-state index in [-0.39, 0.29) is 6.10 Å². The Balaban J connectivity index is 1.32. The van der Waals surface area contributed by atoms with Gasteiger partial charge in [-0.15, -0.1) is 0 Å². The van der Waals surface area contributed by atoms with Crippen LogP contribution in [0.15, 0.2) is 18.2 Å². The van der Waals surface area contributed by atoms with E-state index in [4.69, 9.17) is 16.3 Å². The van der Waals surface area contributed by atoms with Crippen LogP contribution < -0.4 is 10.1 Å². The van der Waals surface area contributed by atoms with Crippen molar-refractivity contribution in [1.29, 1.82) is 0 Å². The number of nitrogens with zero attached hydrogens (tertiary/aromatic N) is 1. The van der Waals surface area contributed by atoms with Crippen LogP contribution in [-0.4, -0.2) is 42.7 Å². The largest absolute Gasteiger partial charge is 0.488 e. The first-order chi connectivity index (χ1) is 10.3. The van der Waals surface area contributed by atoms with Crippen LogP contribution in [0.4, 0.5) is 0 Å². The predicted octanol–water partition coefficient (Wildman–Crippen LogP) is 2.86. The van der Waals surface area contributed by atoms with Crippen LogP contribution in [-0.2, 0) is 6.42 Å². The van der Waals surface area contributed by atoms with Crippen molar-refractivity contribution >= 4 is 11.6 Å². The zero-order valence-corrected chi connectivity index (χ0v) is 13.1. The standard InChI is InChI=1S/C17H23ClN2O/c18-13-4-5-17-12(9-13)10-14(21-17)11-19-15-6-8-20-7-2-1-3-16(15)20/h4-5,9,14-16,19H,1-3,6-8,10-11H2. The maximum atomic E-state index is 6.05. The molecule has 0 saturated carbocycles. The molecule has 114 valence electrons. The van der Waals surface area contributed by atoms with Crippen molar-refractivity contribution in [2.45, 2.75) is 50.3 Å². The minimum atomic E-state index is 0.260. The highest BCUT2D eigenvalue weighted by molar-refractivity contribution is 6.30. The Hall–Kier alpha value is -0.770. The SMILES string of the molecule is Clc1ccc2c(c1)CC(CNC1CCN3CCCCC13)O2. The molecule has 0 amide bonds. The Morgan fingerprint density at radius 1 is 1.24 bits per heavy atom. The normalized spacial score (nSPS) is 31.8. The first-order valence-corrected chi connectivity index (χ1v) is 8.60. The summed E-state index contributed by atoms with van der Waals surface area (Å²) in [6.07, 6.45) is 6.66. The van der Waals surface area contributed by atoms with Gasteiger partial charge in [-0.3, -0.25) is 4.90 Å².